The topological polar surface area (TPSA) is 83.1 Å². The van der Waals surface area contributed by atoms with E-state index in [0.29, 0.717) is 28.5 Å². The van der Waals surface area contributed by atoms with E-state index in [4.69, 9.17) is 18.9 Å². The van der Waals surface area contributed by atoms with Crippen LogP contribution in [0.15, 0.2) is 29.0 Å². The van der Waals surface area contributed by atoms with Gasteiger partial charge in [-0.1, -0.05) is 0 Å². The minimum Gasteiger partial charge on any atom is -0.493 e. The molecule has 0 saturated heterocycles. The normalized spacial score (nSPS) is 15.4. The minimum absolute atomic E-state index is 0.194. The van der Waals surface area contributed by atoms with Crippen LogP contribution in [-0.4, -0.2) is 40.3 Å². The van der Waals surface area contributed by atoms with Crippen molar-refractivity contribution in [2.45, 2.75) is 6.92 Å². The highest BCUT2D eigenvalue weighted by Crippen LogP contribution is 2.41. The number of carbonyl (C=O) groups is 2. The predicted molar refractivity (Wildman–Crippen MR) is 86.9 cm³/mol. The second-order valence-electron chi connectivity index (χ2n) is 4.93. The summed E-state index contributed by atoms with van der Waals surface area (Å²) in [7, 11) is 5.75. The molecule has 0 aromatic heterocycles. The van der Waals surface area contributed by atoms with Crippen LogP contribution in [0.25, 0.3) is 6.08 Å². The molecule has 0 unspecified atom stereocenters. The van der Waals surface area contributed by atoms with Crippen LogP contribution in [0.2, 0.25) is 0 Å². The van der Waals surface area contributed by atoms with Gasteiger partial charge in [0, 0.05) is 11.3 Å². The zero-order valence-electron chi connectivity index (χ0n) is 14.2. The molecular weight excluding hydrogens is 314 g/mol. The lowest BCUT2D eigenvalue weighted by Gasteiger charge is -2.14. The summed E-state index contributed by atoms with van der Waals surface area (Å²) in [5.41, 5.74) is 1.40. The maximum Gasteiger partial charge on any atom is 0.340 e. The van der Waals surface area contributed by atoms with Crippen molar-refractivity contribution < 1.29 is 28.5 Å². The molecule has 2 rings (SSSR count). The standard InChI is InChI=1S/C17H19NO6/c1-9-13(17(20)24-5)11(16(19)18-9)8-10-6-7-12(21-2)15(23-4)14(10)22-3/h6-8H,1-5H3,(H,18,19)/b11-8-. The molecule has 1 heterocycles. The minimum atomic E-state index is -0.587. The van der Waals surface area contributed by atoms with Crippen molar-refractivity contribution in [1.82, 2.24) is 5.32 Å². The lowest BCUT2D eigenvalue weighted by molar-refractivity contribution is -0.136. The molecule has 0 saturated carbocycles. The Hall–Kier alpha value is -2.96. The Labute approximate surface area is 139 Å². The fourth-order valence-corrected chi connectivity index (χ4v) is 2.51. The highest BCUT2D eigenvalue weighted by molar-refractivity contribution is 6.16. The molecule has 0 radical (unpaired) electrons. The molecule has 0 fully saturated rings. The monoisotopic (exact) mass is 333 g/mol. The number of amides is 1. The zero-order chi connectivity index (χ0) is 17.9. The number of allylic oxidation sites excluding steroid dienone is 1. The van der Waals surface area contributed by atoms with Crippen LogP contribution < -0.4 is 19.5 Å². The molecule has 1 aromatic carbocycles. The number of methoxy groups -OCH3 is 4. The van der Waals surface area contributed by atoms with E-state index >= 15 is 0 Å². The number of hydrogen-bond donors (Lipinski definition) is 1. The van der Waals surface area contributed by atoms with Crippen molar-refractivity contribution in [3.8, 4) is 17.2 Å². The summed E-state index contributed by atoms with van der Waals surface area (Å²) >= 11 is 0. The SMILES string of the molecule is COC(=O)C1=C(C)NC(=O)/C1=C\c1ccc(OC)c(OC)c1OC. The molecule has 0 bridgehead atoms. The van der Waals surface area contributed by atoms with Crippen molar-refractivity contribution >= 4 is 18.0 Å². The van der Waals surface area contributed by atoms with Gasteiger partial charge in [0.05, 0.1) is 39.6 Å². The third kappa shape index (κ3) is 2.92. The fraction of sp³-hybridized carbons (Fsp3) is 0.294. The van der Waals surface area contributed by atoms with Crippen molar-refractivity contribution in [3.05, 3.63) is 34.5 Å². The highest BCUT2D eigenvalue weighted by atomic mass is 16.5. The van der Waals surface area contributed by atoms with Gasteiger partial charge in [-0.3, -0.25) is 4.79 Å². The van der Waals surface area contributed by atoms with Gasteiger partial charge >= 0.3 is 5.97 Å². The number of ether oxygens (including phenoxy) is 4. The Bertz CT molecular complexity index is 748. The van der Waals surface area contributed by atoms with E-state index in [0.717, 1.165) is 0 Å². The predicted octanol–water partition coefficient (Wildman–Crippen LogP) is 1.67. The van der Waals surface area contributed by atoms with Crippen molar-refractivity contribution in [2.75, 3.05) is 28.4 Å². The molecule has 0 spiro atoms. The number of rotatable bonds is 5. The van der Waals surface area contributed by atoms with Crippen LogP contribution in [0.5, 0.6) is 17.2 Å². The summed E-state index contributed by atoms with van der Waals surface area (Å²) in [6.07, 6.45) is 1.55. The quantitative estimate of drug-likeness (QED) is 0.652. The molecule has 1 amide bonds. The van der Waals surface area contributed by atoms with E-state index in [1.54, 1.807) is 25.1 Å². The van der Waals surface area contributed by atoms with Crippen LogP contribution in [0, 0.1) is 0 Å². The molecule has 0 atom stereocenters. The largest absolute Gasteiger partial charge is 0.493 e. The molecule has 1 aromatic rings. The second kappa shape index (κ2) is 7.08. The Kier molecular flexibility index (Phi) is 5.13. The van der Waals surface area contributed by atoms with Gasteiger partial charge in [-0.25, -0.2) is 4.79 Å². The Morgan fingerprint density at radius 1 is 1.04 bits per heavy atom. The van der Waals surface area contributed by atoms with E-state index in [-0.39, 0.29) is 17.1 Å². The first kappa shape index (κ1) is 17.4. The van der Waals surface area contributed by atoms with Crippen molar-refractivity contribution in [2.24, 2.45) is 0 Å². The average molecular weight is 333 g/mol. The highest BCUT2D eigenvalue weighted by Gasteiger charge is 2.31. The summed E-state index contributed by atoms with van der Waals surface area (Å²) in [6.45, 7) is 1.64. The van der Waals surface area contributed by atoms with E-state index in [1.807, 2.05) is 0 Å². The number of esters is 1. The number of benzene rings is 1. The number of hydrogen-bond acceptors (Lipinski definition) is 6. The average Bonchev–Trinajstić information content (AvgIpc) is 2.86. The van der Waals surface area contributed by atoms with Crippen LogP contribution >= 0.6 is 0 Å². The van der Waals surface area contributed by atoms with Crippen molar-refractivity contribution in [3.63, 3.8) is 0 Å². The lowest BCUT2D eigenvalue weighted by Crippen LogP contribution is -2.15. The molecule has 1 aliphatic rings. The van der Waals surface area contributed by atoms with Crippen LogP contribution in [0.4, 0.5) is 0 Å². The Morgan fingerprint density at radius 3 is 2.25 bits per heavy atom. The van der Waals surface area contributed by atoms with E-state index in [9.17, 15) is 9.59 Å². The molecule has 1 aliphatic heterocycles. The van der Waals surface area contributed by atoms with Crippen LogP contribution in [0.3, 0.4) is 0 Å². The van der Waals surface area contributed by atoms with Gasteiger partial charge in [-0.2, -0.15) is 0 Å². The van der Waals surface area contributed by atoms with Gasteiger partial charge in [0.2, 0.25) is 5.75 Å². The second-order valence-corrected chi connectivity index (χ2v) is 4.93. The first-order chi connectivity index (χ1) is 11.5. The fourth-order valence-electron chi connectivity index (χ4n) is 2.51. The molecule has 0 aliphatic carbocycles. The van der Waals surface area contributed by atoms with Crippen LogP contribution in [-0.2, 0) is 14.3 Å². The van der Waals surface area contributed by atoms with E-state index in [1.165, 1.54) is 28.4 Å². The molecule has 128 valence electrons. The number of carbonyl (C=O) groups excluding carboxylic acids is 2. The summed E-state index contributed by atoms with van der Waals surface area (Å²) < 4.78 is 20.7. The lowest BCUT2D eigenvalue weighted by atomic mass is 10.0. The molecule has 7 heteroatoms. The smallest absolute Gasteiger partial charge is 0.340 e. The van der Waals surface area contributed by atoms with Gasteiger partial charge in [0.15, 0.2) is 11.5 Å². The summed E-state index contributed by atoms with van der Waals surface area (Å²) in [6, 6.07) is 3.40. The first-order valence-corrected chi connectivity index (χ1v) is 7.10. The van der Waals surface area contributed by atoms with Gasteiger partial charge in [-0.05, 0) is 25.1 Å². The maximum atomic E-state index is 12.2. The van der Waals surface area contributed by atoms with Gasteiger partial charge in [0.25, 0.3) is 5.91 Å². The van der Waals surface area contributed by atoms with Gasteiger partial charge < -0.3 is 24.3 Å². The summed E-state index contributed by atoms with van der Waals surface area (Å²) in [4.78, 5) is 24.1. The molecule has 1 N–H and O–H groups in total. The molecule has 7 nitrogen and oxygen atoms in total. The van der Waals surface area contributed by atoms with Gasteiger partial charge in [0.1, 0.15) is 0 Å². The Morgan fingerprint density at radius 2 is 1.71 bits per heavy atom. The zero-order valence-corrected chi connectivity index (χ0v) is 14.2. The Balaban J connectivity index is 2.62. The molecular formula is C17H19NO6. The third-order valence-electron chi connectivity index (χ3n) is 3.61. The molecule has 24 heavy (non-hydrogen) atoms. The van der Waals surface area contributed by atoms with Gasteiger partial charge in [-0.15, -0.1) is 0 Å². The van der Waals surface area contributed by atoms with E-state index in [2.05, 4.69) is 5.32 Å². The summed E-state index contributed by atoms with van der Waals surface area (Å²) in [5.74, 6) is 0.313. The van der Waals surface area contributed by atoms with Crippen molar-refractivity contribution in [1.29, 1.82) is 0 Å². The van der Waals surface area contributed by atoms with Crippen LogP contribution in [0.1, 0.15) is 12.5 Å². The third-order valence-corrected chi connectivity index (χ3v) is 3.61. The van der Waals surface area contributed by atoms with E-state index < -0.39 is 5.97 Å². The first-order valence-electron chi connectivity index (χ1n) is 7.10. The summed E-state index contributed by atoms with van der Waals surface area (Å²) in [5, 5.41) is 2.62. The number of nitrogens with one attached hydrogen (secondary N) is 1. The maximum absolute atomic E-state index is 12.2.